The Kier molecular flexibility index (Phi) is 26.8. The molecule has 2 rings (SSSR count). The predicted octanol–water partition coefficient (Wildman–Crippen LogP) is 0.574. The van der Waals surface area contributed by atoms with E-state index in [-0.39, 0.29) is 57.4 Å². The summed E-state index contributed by atoms with van der Waals surface area (Å²) in [6.07, 6.45) is 2.42. The summed E-state index contributed by atoms with van der Waals surface area (Å²) in [5, 5.41) is 33.8. The van der Waals surface area contributed by atoms with Crippen LogP contribution in [0.15, 0.2) is 18.2 Å². The van der Waals surface area contributed by atoms with Crippen LogP contribution < -0.4 is 17.2 Å². The minimum atomic E-state index is -0.125. The van der Waals surface area contributed by atoms with E-state index in [9.17, 15) is 0 Å². The lowest BCUT2D eigenvalue weighted by Gasteiger charge is -2.17. The van der Waals surface area contributed by atoms with Crippen LogP contribution in [0.2, 0.25) is 0 Å². The number of aliphatic hydroxyl groups is 4. The van der Waals surface area contributed by atoms with Gasteiger partial charge in [-0.2, -0.15) is 0 Å². The average molecular weight is 362 g/mol. The first-order valence-corrected chi connectivity index (χ1v) is 6.25. The van der Waals surface area contributed by atoms with Gasteiger partial charge in [-0.1, -0.05) is 6.07 Å². The van der Waals surface area contributed by atoms with Crippen LogP contribution in [0, 0.1) is 0 Å². The normalized spacial score (nSPS) is 10.4. The molecule has 0 fully saturated rings. The monoisotopic (exact) mass is 361 g/mol. The molecule has 0 radical (unpaired) electrons. The molecule has 1 aromatic carbocycles. The van der Waals surface area contributed by atoms with Crippen molar-refractivity contribution >= 4 is 36.2 Å². The number of nitrogens with one attached hydrogen (secondary N) is 1. The van der Waals surface area contributed by atoms with Gasteiger partial charge in [0.2, 0.25) is 0 Å². The lowest BCUT2D eigenvalue weighted by atomic mass is 10.0. The number of aryl methyl sites for hydroxylation is 1. The van der Waals surface area contributed by atoms with E-state index in [2.05, 4.69) is 11.4 Å². The van der Waals surface area contributed by atoms with Crippen LogP contribution in [0.3, 0.4) is 0 Å². The molecule has 9 heteroatoms. The van der Waals surface area contributed by atoms with Gasteiger partial charge in [0.1, 0.15) is 0 Å². The molecule has 0 spiro atoms. The summed E-state index contributed by atoms with van der Waals surface area (Å²) < 4.78 is 0. The molecule has 1 aliphatic heterocycles. The van der Waals surface area contributed by atoms with Crippen molar-refractivity contribution < 1.29 is 20.4 Å². The summed E-state index contributed by atoms with van der Waals surface area (Å²) in [4.78, 5) is 0. The van der Waals surface area contributed by atoms with Crippen LogP contribution >= 0.6 is 24.8 Å². The van der Waals surface area contributed by atoms with Gasteiger partial charge in [0.05, 0.1) is 26.4 Å². The number of anilines is 2. The van der Waals surface area contributed by atoms with Gasteiger partial charge < -0.3 is 37.6 Å². The van der Waals surface area contributed by atoms with Gasteiger partial charge in [-0.05, 0) is 30.5 Å². The Morgan fingerprint density at radius 1 is 0.955 bits per heavy atom. The van der Waals surface area contributed by atoms with Crippen molar-refractivity contribution in [2.24, 2.45) is 0 Å². The van der Waals surface area contributed by atoms with Crippen molar-refractivity contribution in [3.05, 3.63) is 23.8 Å². The van der Waals surface area contributed by atoms with Gasteiger partial charge in [0.25, 0.3) is 0 Å². The fraction of sp³-hybridized carbons (Fsp3) is 0.538. The fourth-order valence-corrected chi connectivity index (χ4v) is 1.48. The van der Waals surface area contributed by atoms with Crippen molar-refractivity contribution in [2.75, 3.05) is 44.0 Å². The SMILES string of the molecule is Cl.Cl.N.Nc1ccc2c(c1)NCCC2.OCCO.OCCO. The summed E-state index contributed by atoms with van der Waals surface area (Å²) in [5.41, 5.74) is 9.10. The van der Waals surface area contributed by atoms with E-state index in [1.165, 1.54) is 24.1 Å². The van der Waals surface area contributed by atoms with Gasteiger partial charge in [-0.15, -0.1) is 24.8 Å². The summed E-state index contributed by atoms with van der Waals surface area (Å²) in [6, 6.07) is 6.08. The molecule has 0 saturated heterocycles. The van der Waals surface area contributed by atoms with Gasteiger partial charge in [0.15, 0.2) is 0 Å². The second-order valence-corrected chi connectivity index (χ2v) is 3.84. The molecule has 0 atom stereocenters. The highest BCUT2D eigenvalue weighted by Crippen LogP contribution is 2.23. The Balaban J connectivity index is -0.000000128. The molecule has 0 saturated carbocycles. The predicted molar refractivity (Wildman–Crippen MR) is 95.5 cm³/mol. The summed E-state index contributed by atoms with van der Waals surface area (Å²) >= 11 is 0. The highest BCUT2D eigenvalue weighted by molar-refractivity contribution is 5.85. The Morgan fingerprint density at radius 2 is 1.45 bits per heavy atom. The first-order valence-electron chi connectivity index (χ1n) is 6.25. The largest absolute Gasteiger partial charge is 0.399 e. The van der Waals surface area contributed by atoms with Crippen LogP contribution in [0.1, 0.15) is 12.0 Å². The molecule has 1 heterocycles. The number of hydrogen-bond donors (Lipinski definition) is 7. The molecular formula is C13H29Cl2N3O4. The Morgan fingerprint density at radius 3 is 1.91 bits per heavy atom. The number of nitrogen functional groups attached to an aromatic ring is 1. The van der Waals surface area contributed by atoms with Crippen LogP contribution in [0.25, 0.3) is 0 Å². The summed E-state index contributed by atoms with van der Waals surface area (Å²) in [7, 11) is 0. The standard InChI is InChI=1S/C9H12N2.2C2H6O2.2ClH.H3N/c10-8-4-3-7-2-1-5-11-9(7)6-8;2*3-1-2-4;;;/h3-4,6,11H,1-2,5,10H2;2*3-4H,1-2H2;2*1H;1H3. The maximum atomic E-state index is 7.62. The lowest BCUT2D eigenvalue weighted by molar-refractivity contribution is 0.186. The molecule has 0 amide bonds. The highest BCUT2D eigenvalue weighted by atomic mass is 35.5. The quantitative estimate of drug-likeness (QED) is 0.380. The number of rotatable bonds is 2. The molecule has 1 aliphatic rings. The minimum absolute atomic E-state index is 0. The smallest absolute Gasteiger partial charge is 0.0662 e. The topological polar surface area (TPSA) is 154 Å². The number of nitrogens with two attached hydrogens (primary N) is 1. The number of benzene rings is 1. The second-order valence-electron chi connectivity index (χ2n) is 3.84. The third kappa shape index (κ3) is 14.2. The van der Waals surface area contributed by atoms with Crippen LogP contribution in [0.5, 0.6) is 0 Å². The molecule has 134 valence electrons. The highest BCUT2D eigenvalue weighted by Gasteiger charge is 2.06. The Hall–Kier alpha value is -0.800. The van der Waals surface area contributed by atoms with Crippen molar-refractivity contribution in [1.82, 2.24) is 6.15 Å². The van der Waals surface area contributed by atoms with E-state index in [0.29, 0.717) is 0 Å². The zero-order valence-electron chi connectivity index (χ0n) is 12.6. The van der Waals surface area contributed by atoms with E-state index < -0.39 is 0 Å². The molecule has 0 aliphatic carbocycles. The molecular weight excluding hydrogens is 333 g/mol. The summed E-state index contributed by atoms with van der Waals surface area (Å²) in [5.74, 6) is 0. The average Bonchev–Trinajstić information content (AvgIpc) is 2.47. The molecule has 7 nitrogen and oxygen atoms in total. The van der Waals surface area contributed by atoms with E-state index in [1.54, 1.807) is 0 Å². The molecule has 0 unspecified atom stereocenters. The van der Waals surface area contributed by atoms with Crippen LogP contribution in [-0.2, 0) is 6.42 Å². The molecule has 1 aromatic rings. The maximum Gasteiger partial charge on any atom is 0.0662 e. The zero-order chi connectivity index (χ0) is 14.5. The number of hydrogen-bond acceptors (Lipinski definition) is 7. The Labute approximate surface area is 144 Å². The van der Waals surface area contributed by atoms with Crippen molar-refractivity contribution in [3.63, 3.8) is 0 Å². The first kappa shape index (κ1) is 29.2. The van der Waals surface area contributed by atoms with Crippen LogP contribution in [-0.4, -0.2) is 53.4 Å². The molecule has 10 N–H and O–H groups in total. The van der Waals surface area contributed by atoms with Crippen molar-refractivity contribution in [1.29, 1.82) is 0 Å². The number of aliphatic hydroxyl groups excluding tert-OH is 4. The molecule has 0 bridgehead atoms. The number of halogens is 2. The van der Waals surface area contributed by atoms with Crippen molar-refractivity contribution in [2.45, 2.75) is 12.8 Å². The van der Waals surface area contributed by atoms with E-state index in [4.69, 9.17) is 26.2 Å². The zero-order valence-corrected chi connectivity index (χ0v) is 14.2. The van der Waals surface area contributed by atoms with Gasteiger partial charge >= 0.3 is 0 Å². The number of fused-ring (bicyclic) bond motifs is 1. The molecule has 22 heavy (non-hydrogen) atoms. The molecule has 0 aromatic heterocycles. The van der Waals surface area contributed by atoms with E-state index >= 15 is 0 Å². The fourth-order valence-electron chi connectivity index (χ4n) is 1.48. The van der Waals surface area contributed by atoms with Gasteiger partial charge in [0, 0.05) is 17.9 Å². The van der Waals surface area contributed by atoms with Gasteiger partial charge in [-0.25, -0.2) is 0 Å². The van der Waals surface area contributed by atoms with Crippen molar-refractivity contribution in [3.8, 4) is 0 Å². The maximum absolute atomic E-state index is 7.62. The minimum Gasteiger partial charge on any atom is -0.399 e. The third-order valence-corrected chi connectivity index (χ3v) is 2.27. The van der Waals surface area contributed by atoms with E-state index in [1.807, 2.05) is 12.1 Å². The van der Waals surface area contributed by atoms with Crippen LogP contribution in [0.4, 0.5) is 11.4 Å². The summed E-state index contributed by atoms with van der Waals surface area (Å²) in [6.45, 7) is 0.580. The lowest BCUT2D eigenvalue weighted by Crippen LogP contribution is -2.11. The van der Waals surface area contributed by atoms with E-state index in [0.717, 1.165) is 12.2 Å². The van der Waals surface area contributed by atoms with Gasteiger partial charge in [-0.3, -0.25) is 0 Å². The first-order chi connectivity index (χ1) is 9.19. The Bertz CT molecular complexity index is 339. The second kappa shape index (κ2) is 20.2. The third-order valence-electron chi connectivity index (χ3n) is 2.27.